The van der Waals surface area contributed by atoms with Gasteiger partial charge in [0, 0.05) is 25.8 Å². The molecule has 0 saturated carbocycles. The molecule has 4 rings (SSSR count). The summed E-state index contributed by atoms with van der Waals surface area (Å²) in [5.41, 5.74) is 1.10. The van der Waals surface area contributed by atoms with Crippen molar-refractivity contribution in [2.24, 2.45) is 5.92 Å². The summed E-state index contributed by atoms with van der Waals surface area (Å²) in [6.07, 6.45) is 3.14. The molecule has 1 atom stereocenters. The molecule has 0 spiro atoms. The molecule has 0 radical (unpaired) electrons. The lowest BCUT2D eigenvalue weighted by Crippen LogP contribution is -2.45. The Morgan fingerprint density at radius 1 is 1.34 bits per heavy atom. The molecule has 1 aliphatic rings. The molecular weight excluding hydrogens is 494 g/mol. The second-order valence-corrected chi connectivity index (χ2v) is 11.4. The molecular formula is C22H26BrN5O3S. The van der Waals surface area contributed by atoms with E-state index in [-0.39, 0.29) is 17.9 Å². The van der Waals surface area contributed by atoms with Crippen LogP contribution < -0.4 is 5.32 Å². The predicted molar refractivity (Wildman–Crippen MR) is 128 cm³/mol. The van der Waals surface area contributed by atoms with Gasteiger partial charge in [0.05, 0.1) is 19.7 Å². The molecule has 0 bridgehead atoms. The van der Waals surface area contributed by atoms with Crippen LogP contribution in [-0.2, 0) is 4.74 Å². The molecule has 0 aliphatic carbocycles. The summed E-state index contributed by atoms with van der Waals surface area (Å²) in [4.78, 5) is 40.1. The highest BCUT2D eigenvalue weighted by atomic mass is 79.9. The number of hydrogen-bond donors (Lipinski definition) is 2. The normalized spacial score (nSPS) is 16.9. The molecule has 2 N–H and O–H groups in total. The summed E-state index contributed by atoms with van der Waals surface area (Å²) in [5, 5.41) is 3.02. The number of aromatic amines is 1. The Balaban J connectivity index is 1.42. The van der Waals surface area contributed by atoms with Crippen LogP contribution in [0.4, 0.5) is 4.79 Å². The van der Waals surface area contributed by atoms with E-state index in [0.29, 0.717) is 42.2 Å². The molecule has 8 nitrogen and oxygen atoms in total. The minimum absolute atomic E-state index is 0.179. The van der Waals surface area contributed by atoms with E-state index in [1.165, 1.54) is 0 Å². The zero-order valence-electron chi connectivity index (χ0n) is 18.3. The lowest BCUT2D eigenvalue weighted by Gasteiger charge is -2.34. The van der Waals surface area contributed by atoms with Crippen LogP contribution in [0.3, 0.4) is 0 Å². The van der Waals surface area contributed by atoms with Gasteiger partial charge in [0.2, 0.25) is 0 Å². The van der Waals surface area contributed by atoms with Crippen molar-refractivity contribution < 1.29 is 14.3 Å². The molecule has 3 aromatic rings. The summed E-state index contributed by atoms with van der Waals surface area (Å²) in [7, 11) is 0. The van der Waals surface area contributed by atoms with Crippen molar-refractivity contribution in [2.45, 2.75) is 39.2 Å². The van der Waals surface area contributed by atoms with E-state index < -0.39 is 5.60 Å². The number of H-pyrrole nitrogens is 1. The number of ether oxygens (including phenoxy) is 1. The largest absolute Gasteiger partial charge is 0.444 e. The maximum absolute atomic E-state index is 13.0. The number of rotatable bonds is 4. The number of fused-ring (bicyclic) bond motifs is 1. The molecule has 32 heavy (non-hydrogen) atoms. The molecule has 1 saturated heterocycles. The minimum Gasteiger partial charge on any atom is -0.444 e. The molecule has 0 aromatic carbocycles. The van der Waals surface area contributed by atoms with Crippen LogP contribution >= 0.6 is 27.3 Å². The Labute approximate surface area is 198 Å². The van der Waals surface area contributed by atoms with Crippen molar-refractivity contribution in [1.82, 2.24) is 25.2 Å². The molecule has 2 amide bonds. The first-order valence-corrected chi connectivity index (χ1v) is 12.2. The predicted octanol–water partition coefficient (Wildman–Crippen LogP) is 4.83. The van der Waals surface area contributed by atoms with Crippen molar-refractivity contribution in [3.63, 3.8) is 0 Å². The van der Waals surface area contributed by atoms with Gasteiger partial charge < -0.3 is 19.9 Å². The first-order valence-electron chi connectivity index (χ1n) is 10.6. The second-order valence-electron chi connectivity index (χ2n) is 8.89. The molecule has 1 fully saturated rings. The first kappa shape index (κ1) is 22.7. The van der Waals surface area contributed by atoms with E-state index >= 15 is 0 Å². The fourth-order valence-electron chi connectivity index (χ4n) is 3.71. The summed E-state index contributed by atoms with van der Waals surface area (Å²) in [6.45, 7) is 7.32. The number of amides is 2. The number of nitrogens with zero attached hydrogens (tertiary/aromatic N) is 3. The monoisotopic (exact) mass is 519 g/mol. The van der Waals surface area contributed by atoms with Crippen molar-refractivity contribution in [2.75, 3.05) is 19.6 Å². The SMILES string of the molecule is CC(C)(C)OC(=O)N1CCC[C@H](CNC(=O)c2ccnc3nc(-c4ccc(Br)s4)[nH]c23)C1. The number of halogens is 1. The van der Waals surface area contributed by atoms with E-state index in [1.807, 2.05) is 32.9 Å². The van der Waals surface area contributed by atoms with Crippen LogP contribution in [0, 0.1) is 5.92 Å². The summed E-state index contributed by atoms with van der Waals surface area (Å²) >= 11 is 5.02. The van der Waals surface area contributed by atoms with Crippen molar-refractivity contribution in [1.29, 1.82) is 0 Å². The zero-order chi connectivity index (χ0) is 22.9. The Hall–Kier alpha value is -2.46. The highest BCUT2D eigenvalue weighted by molar-refractivity contribution is 9.11. The van der Waals surface area contributed by atoms with Crippen molar-refractivity contribution in [3.05, 3.63) is 33.7 Å². The molecule has 0 unspecified atom stereocenters. The average Bonchev–Trinajstić information content (AvgIpc) is 3.36. The topological polar surface area (TPSA) is 100 Å². The number of carbonyl (C=O) groups is 2. The van der Waals surface area contributed by atoms with Crippen LogP contribution in [0.2, 0.25) is 0 Å². The van der Waals surface area contributed by atoms with Crippen LogP contribution in [0.15, 0.2) is 28.2 Å². The van der Waals surface area contributed by atoms with Gasteiger partial charge in [0.15, 0.2) is 11.5 Å². The zero-order valence-corrected chi connectivity index (χ0v) is 20.7. The van der Waals surface area contributed by atoms with Gasteiger partial charge in [-0.3, -0.25) is 4.79 Å². The Morgan fingerprint density at radius 3 is 2.88 bits per heavy atom. The number of aromatic nitrogens is 3. The average molecular weight is 520 g/mol. The van der Waals surface area contributed by atoms with Crippen LogP contribution in [0.25, 0.3) is 21.9 Å². The summed E-state index contributed by atoms with van der Waals surface area (Å²) < 4.78 is 6.49. The van der Waals surface area contributed by atoms with E-state index in [4.69, 9.17) is 4.74 Å². The van der Waals surface area contributed by atoms with Gasteiger partial charge in [0.25, 0.3) is 5.91 Å². The van der Waals surface area contributed by atoms with Gasteiger partial charge in [-0.25, -0.2) is 14.8 Å². The third kappa shape index (κ3) is 5.29. The lowest BCUT2D eigenvalue weighted by molar-refractivity contribution is 0.0167. The van der Waals surface area contributed by atoms with E-state index in [0.717, 1.165) is 21.5 Å². The van der Waals surface area contributed by atoms with Crippen molar-refractivity contribution >= 4 is 50.4 Å². The van der Waals surface area contributed by atoms with Gasteiger partial charge >= 0.3 is 6.09 Å². The van der Waals surface area contributed by atoms with E-state index in [2.05, 4.69) is 36.2 Å². The quantitative estimate of drug-likeness (QED) is 0.514. The molecule has 10 heteroatoms. The van der Waals surface area contributed by atoms with Gasteiger partial charge in [-0.05, 0) is 73.7 Å². The third-order valence-corrected chi connectivity index (χ3v) is 6.80. The third-order valence-electron chi connectivity index (χ3n) is 5.17. The number of imidazole rings is 1. The number of pyridine rings is 1. The summed E-state index contributed by atoms with van der Waals surface area (Å²) in [6, 6.07) is 5.61. The number of hydrogen-bond acceptors (Lipinski definition) is 6. The smallest absolute Gasteiger partial charge is 0.410 e. The lowest BCUT2D eigenvalue weighted by atomic mass is 9.98. The second kappa shape index (κ2) is 9.19. The number of likely N-dealkylation sites (tertiary alicyclic amines) is 1. The fraction of sp³-hybridized carbons (Fsp3) is 0.455. The first-order chi connectivity index (χ1) is 15.2. The molecule has 4 heterocycles. The number of thiophene rings is 1. The molecule has 3 aromatic heterocycles. The van der Waals surface area contributed by atoms with Crippen molar-refractivity contribution in [3.8, 4) is 10.7 Å². The number of piperidine rings is 1. The number of carbonyl (C=O) groups excluding carboxylic acids is 2. The van der Waals surface area contributed by atoms with Gasteiger partial charge in [0.1, 0.15) is 5.60 Å². The Bertz CT molecular complexity index is 1140. The molecule has 1 aliphatic heterocycles. The standard InChI is InChI=1S/C22H26BrN5O3S/c1-22(2,3)31-21(30)28-10-4-5-13(12-28)11-25-20(29)14-8-9-24-19-17(14)26-18(27-19)15-6-7-16(23)32-15/h6-9,13H,4-5,10-12H2,1-3H3,(H,25,29)(H,24,26,27)/t13-/m1/s1. The minimum atomic E-state index is -0.521. The van der Waals surface area contributed by atoms with Crippen LogP contribution in [-0.4, -0.2) is 57.1 Å². The van der Waals surface area contributed by atoms with Crippen LogP contribution in [0.1, 0.15) is 44.0 Å². The maximum atomic E-state index is 13.0. The Morgan fingerprint density at radius 2 is 2.16 bits per heavy atom. The van der Waals surface area contributed by atoms with E-state index in [1.54, 1.807) is 28.5 Å². The van der Waals surface area contributed by atoms with Crippen LogP contribution in [0.5, 0.6) is 0 Å². The van der Waals surface area contributed by atoms with E-state index in [9.17, 15) is 9.59 Å². The number of nitrogens with one attached hydrogen (secondary N) is 2. The highest BCUT2D eigenvalue weighted by Gasteiger charge is 2.28. The fourth-order valence-corrected chi connectivity index (χ4v) is 5.05. The molecule has 170 valence electrons. The van der Waals surface area contributed by atoms with Gasteiger partial charge in [-0.1, -0.05) is 0 Å². The van der Waals surface area contributed by atoms with Gasteiger partial charge in [-0.15, -0.1) is 11.3 Å². The highest BCUT2D eigenvalue weighted by Crippen LogP contribution is 2.31. The van der Waals surface area contributed by atoms with Gasteiger partial charge in [-0.2, -0.15) is 0 Å². The Kier molecular flexibility index (Phi) is 6.52. The summed E-state index contributed by atoms with van der Waals surface area (Å²) in [5.74, 6) is 0.677. The maximum Gasteiger partial charge on any atom is 0.410 e.